The molecular formula is C25H19N3. The number of rotatable bonds is 3. The van der Waals surface area contributed by atoms with E-state index < -0.39 is 0 Å². The molecule has 0 fully saturated rings. The molecule has 28 heavy (non-hydrogen) atoms. The van der Waals surface area contributed by atoms with Gasteiger partial charge in [-0.3, -0.25) is 5.41 Å². The maximum absolute atomic E-state index is 8.79. The number of nitrogens with zero attached hydrogens (tertiary/aromatic N) is 1. The number of nitrogens with two attached hydrogens (primary N) is 1. The van der Waals surface area contributed by atoms with Crippen molar-refractivity contribution in [3.63, 3.8) is 0 Å². The first-order chi connectivity index (χ1) is 13.5. The van der Waals surface area contributed by atoms with Crippen LogP contribution in [0.25, 0.3) is 0 Å². The van der Waals surface area contributed by atoms with Crippen LogP contribution in [0.3, 0.4) is 0 Å². The van der Waals surface area contributed by atoms with Crippen molar-refractivity contribution >= 4 is 5.84 Å². The van der Waals surface area contributed by atoms with Gasteiger partial charge in [0.05, 0.1) is 6.07 Å². The van der Waals surface area contributed by atoms with Gasteiger partial charge in [0.2, 0.25) is 0 Å². The molecule has 134 valence electrons. The van der Waals surface area contributed by atoms with Gasteiger partial charge in [-0.1, -0.05) is 54.5 Å². The summed E-state index contributed by atoms with van der Waals surface area (Å²) in [5.74, 6) is 12.4. The molecule has 0 amide bonds. The quantitative estimate of drug-likeness (QED) is 0.281. The van der Waals surface area contributed by atoms with Gasteiger partial charge in [-0.15, -0.1) is 0 Å². The minimum atomic E-state index is 0.0389. The standard InChI is InChI=1S/C25H19N3/c1-3-20(8-7-19(2)18-26)9-11-22-5-4-6-23(17-22)12-10-21-13-15-24(16-14-21)25(27)28/h3-8,13-17H,1H2,2H3,(H3,27,28)/b19-7+,20-8+. The molecule has 0 unspecified atom stereocenters. The van der Waals surface area contributed by atoms with Crippen molar-refractivity contribution in [1.82, 2.24) is 0 Å². The second kappa shape index (κ2) is 10.0. The lowest BCUT2D eigenvalue weighted by atomic mass is 10.1. The molecule has 0 aliphatic heterocycles. The predicted octanol–water partition coefficient (Wildman–Crippen LogP) is 4.30. The van der Waals surface area contributed by atoms with Crippen LogP contribution in [-0.2, 0) is 0 Å². The maximum atomic E-state index is 8.79. The van der Waals surface area contributed by atoms with Gasteiger partial charge in [-0.2, -0.15) is 5.26 Å². The molecule has 0 aliphatic carbocycles. The Morgan fingerprint density at radius 2 is 1.64 bits per heavy atom. The second-order valence-electron chi connectivity index (χ2n) is 5.86. The first kappa shape index (κ1) is 20.1. The number of hydrogen-bond donors (Lipinski definition) is 2. The average Bonchev–Trinajstić information content (AvgIpc) is 2.72. The molecule has 0 bridgehead atoms. The van der Waals surface area contributed by atoms with E-state index in [1.54, 1.807) is 37.3 Å². The van der Waals surface area contributed by atoms with Crippen LogP contribution in [0.1, 0.15) is 29.2 Å². The summed E-state index contributed by atoms with van der Waals surface area (Å²) >= 11 is 0. The molecule has 0 heterocycles. The number of nitriles is 1. The van der Waals surface area contributed by atoms with Gasteiger partial charge in [-0.05, 0) is 49.4 Å². The van der Waals surface area contributed by atoms with E-state index >= 15 is 0 Å². The summed E-state index contributed by atoms with van der Waals surface area (Å²) in [7, 11) is 0. The Morgan fingerprint density at radius 1 is 1.00 bits per heavy atom. The van der Waals surface area contributed by atoms with Crippen molar-refractivity contribution < 1.29 is 0 Å². The molecule has 3 nitrogen and oxygen atoms in total. The highest BCUT2D eigenvalue weighted by molar-refractivity contribution is 5.94. The lowest BCUT2D eigenvalue weighted by Crippen LogP contribution is -2.10. The van der Waals surface area contributed by atoms with Gasteiger partial charge in [0.25, 0.3) is 0 Å². The highest BCUT2D eigenvalue weighted by Crippen LogP contribution is 2.06. The van der Waals surface area contributed by atoms with Gasteiger partial charge in [0, 0.05) is 33.4 Å². The largest absolute Gasteiger partial charge is 0.384 e. The predicted molar refractivity (Wildman–Crippen MR) is 114 cm³/mol. The topological polar surface area (TPSA) is 73.7 Å². The third-order valence-corrected chi connectivity index (χ3v) is 3.67. The summed E-state index contributed by atoms with van der Waals surface area (Å²) in [4.78, 5) is 0. The molecule has 2 aromatic rings. The Balaban J connectivity index is 2.21. The molecule has 0 atom stereocenters. The average molecular weight is 361 g/mol. The summed E-state index contributed by atoms with van der Waals surface area (Å²) < 4.78 is 0. The monoisotopic (exact) mass is 361 g/mol. The first-order valence-corrected chi connectivity index (χ1v) is 8.51. The Morgan fingerprint density at radius 3 is 2.25 bits per heavy atom. The van der Waals surface area contributed by atoms with Crippen molar-refractivity contribution in [2.75, 3.05) is 0 Å². The zero-order chi connectivity index (χ0) is 20.4. The van der Waals surface area contributed by atoms with Gasteiger partial charge in [-0.25, -0.2) is 0 Å². The molecule has 3 N–H and O–H groups in total. The third kappa shape index (κ3) is 6.23. The minimum Gasteiger partial charge on any atom is -0.384 e. The maximum Gasteiger partial charge on any atom is 0.122 e. The molecule has 2 rings (SSSR count). The van der Waals surface area contributed by atoms with Gasteiger partial charge < -0.3 is 5.73 Å². The summed E-state index contributed by atoms with van der Waals surface area (Å²) in [6, 6.07) is 17.0. The van der Waals surface area contributed by atoms with E-state index in [2.05, 4.69) is 36.3 Å². The first-order valence-electron chi connectivity index (χ1n) is 8.51. The molecule has 3 heteroatoms. The third-order valence-electron chi connectivity index (χ3n) is 3.67. The van der Waals surface area contributed by atoms with Crippen molar-refractivity contribution in [3.8, 4) is 29.8 Å². The number of benzene rings is 2. The summed E-state index contributed by atoms with van der Waals surface area (Å²) in [6.07, 6.45) is 5.14. The fourth-order valence-electron chi connectivity index (χ4n) is 2.11. The normalized spacial score (nSPS) is 10.6. The van der Waals surface area contributed by atoms with Crippen molar-refractivity contribution in [2.24, 2.45) is 5.73 Å². The van der Waals surface area contributed by atoms with E-state index in [1.165, 1.54) is 0 Å². The Hall–Kier alpha value is -4.26. The fraction of sp³-hybridized carbons (Fsp3) is 0.0400. The molecule has 0 aromatic heterocycles. The van der Waals surface area contributed by atoms with E-state index in [-0.39, 0.29) is 5.84 Å². The van der Waals surface area contributed by atoms with Crippen LogP contribution in [-0.4, -0.2) is 5.84 Å². The van der Waals surface area contributed by atoms with Crippen LogP contribution in [0.2, 0.25) is 0 Å². The molecule has 0 aliphatic rings. The summed E-state index contributed by atoms with van der Waals surface area (Å²) in [5.41, 5.74) is 10.0. The van der Waals surface area contributed by atoms with Crippen molar-refractivity contribution in [3.05, 3.63) is 107 Å². The van der Waals surface area contributed by atoms with Gasteiger partial charge >= 0.3 is 0 Å². The number of allylic oxidation sites excluding steroid dienone is 5. The van der Waals surface area contributed by atoms with Crippen LogP contribution in [0, 0.1) is 40.4 Å². The van der Waals surface area contributed by atoms with E-state index in [0.717, 1.165) is 22.3 Å². The zero-order valence-corrected chi connectivity index (χ0v) is 15.6. The summed E-state index contributed by atoms with van der Waals surface area (Å²) in [5, 5.41) is 16.2. The second-order valence-corrected chi connectivity index (χ2v) is 5.86. The molecule has 2 aromatic carbocycles. The zero-order valence-electron chi connectivity index (χ0n) is 15.6. The lowest BCUT2D eigenvalue weighted by molar-refractivity contribution is 1.42. The molecule has 0 radical (unpaired) electrons. The fourth-order valence-corrected chi connectivity index (χ4v) is 2.11. The Labute approximate surface area is 166 Å². The Kier molecular flexibility index (Phi) is 7.18. The number of nitrogens with one attached hydrogen (secondary N) is 1. The molecule has 0 spiro atoms. The lowest BCUT2D eigenvalue weighted by Gasteiger charge is -1.97. The van der Waals surface area contributed by atoms with Crippen molar-refractivity contribution in [2.45, 2.75) is 6.92 Å². The number of nitrogen functional groups attached to an aromatic ring is 1. The van der Waals surface area contributed by atoms with Crippen LogP contribution in [0.5, 0.6) is 0 Å². The van der Waals surface area contributed by atoms with Crippen LogP contribution in [0.4, 0.5) is 0 Å². The van der Waals surface area contributed by atoms with Crippen LogP contribution < -0.4 is 5.73 Å². The van der Waals surface area contributed by atoms with E-state index in [1.807, 2.05) is 36.4 Å². The van der Waals surface area contributed by atoms with E-state index in [4.69, 9.17) is 16.4 Å². The SMILES string of the molecule is C=C/C(C#Cc1cccc(C#Cc2ccc(C(=N)N)cc2)c1)=C\C=C(/C)C#N. The number of amidine groups is 1. The van der Waals surface area contributed by atoms with Gasteiger partial charge in [0.1, 0.15) is 5.84 Å². The molecular weight excluding hydrogens is 342 g/mol. The van der Waals surface area contributed by atoms with E-state index in [9.17, 15) is 0 Å². The smallest absolute Gasteiger partial charge is 0.122 e. The highest BCUT2D eigenvalue weighted by Gasteiger charge is 1.95. The molecule has 0 saturated heterocycles. The summed E-state index contributed by atoms with van der Waals surface area (Å²) in [6.45, 7) is 5.48. The van der Waals surface area contributed by atoms with E-state index in [0.29, 0.717) is 11.1 Å². The number of hydrogen-bond acceptors (Lipinski definition) is 2. The Bertz CT molecular complexity index is 1120. The highest BCUT2D eigenvalue weighted by atomic mass is 14.7. The van der Waals surface area contributed by atoms with Crippen LogP contribution in [0.15, 0.2) is 84.5 Å². The van der Waals surface area contributed by atoms with Crippen molar-refractivity contribution in [1.29, 1.82) is 10.7 Å². The van der Waals surface area contributed by atoms with Gasteiger partial charge in [0.15, 0.2) is 0 Å². The minimum absolute atomic E-state index is 0.0389. The van der Waals surface area contributed by atoms with Crippen LogP contribution >= 0.6 is 0 Å². The molecule has 0 saturated carbocycles.